The minimum Gasteiger partial charge on any atom is -0.442 e. The highest BCUT2D eigenvalue weighted by Gasteiger charge is 2.30. The van der Waals surface area contributed by atoms with Crippen LogP contribution < -0.4 is 10.4 Å². The monoisotopic (exact) mass is 264 g/mol. The van der Waals surface area contributed by atoms with Crippen molar-refractivity contribution in [1.82, 2.24) is 4.68 Å². The van der Waals surface area contributed by atoms with Crippen molar-refractivity contribution in [2.24, 2.45) is 5.92 Å². The maximum absolute atomic E-state index is 12.2. The second-order valence-corrected chi connectivity index (χ2v) is 5.92. The second-order valence-electron chi connectivity index (χ2n) is 5.92. The maximum atomic E-state index is 12.2. The summed E-state index contributed by atoms with van der Waals surface area (Å²) in [5, 5.41) is 1.54. The number of carbonyl (C=O) groups is 1. The predicted octanol–water partition coefficient (Wildman–Crippen LogP) is 2.13. The van der Waals surface area contributed by atoms with Gasteiger partial charge in [0.15, 0.2) is 5.43 Å². The molecule has 5 nitrogen and oxygen atoms in total. The zero-order valence-electron chi connectivity index (χ0n) is 11.6. The number of pyridine rings is 1. The third kappa shape index (κ3) is 4.12. The quantitative estimate of drug-likeness (QED) is 0.840. The third-order valence-electron chi connectivity index (χ3n) is 2.79. The lowest BCUT2D eigenvalue weighted by molar-refractivity contribution is 0.0535. The fourth-order valence-electron chi connectivity index (χ4n) is 1.69. The van der Waals surface area contributed by atoms with E-state index >= 15 is 0 Å². The van der Waals surface area contributed by atoms with Crippen LogP contribution in [0.2, 0.25) is 0 Å². The van der Waals surface area contributed by atoms with Gasteiger partial charge in [-0.2, -0.15) is 0 Å². The van der Waals surface area contributed by atoms with Gasteiger partial charge in [-0.15, -0.1) is 0 Å². The molecule has 0 radical (unpaired) electrons. The van der Waals surface area contributed by atoms with Crippen molar-refractivity contribution >= 4 is 6.09 Å². The lowest BCUT2D eigenvalue weighted by Gasteiger charge is -2.28. The molecule has 0 N–H and O–H groups in total. The van der Waals surface area contributed by atoms with Crippen molar-refractivity contribution in [3.63, 3.8) is 0 Å². The number of hydrogen-bond donors (Lipinski definition) is 0. The van der Waals surface area contributed by atoms with Gasteiger partial charge in [0.2, 0.25) is 0 Å². The molecule has 0 saturated heterocycles. The molecule has 0 bridgehead atoms. The van der Waals surface area contributed by atoms with Crippen LogP contribution in [0.4, 0.5) is 4.79 Å². The van der Waals surface area contributed by atoms with E-state index in [0.717, 1.165) is 12.8 Å². The van der Waals surface area contributed by atoms with E-state index in [9.17, 15) is 9.59 Å². The average molecular weight is 264 g/mol. The Morgan fingerprint density at radius 1 is 1.37 bits per heavy atom. The van der Waals surface area contributed by atoms with Crippen LogP contribution in [-0.2, 0) is 4.74 Å². The van der Waals surface area contributed by atoms with E-state index in [1.165, 1.54) is 12.1 Å². The van der Waals surface area contributed by atoms with E-state index in [1.807, 2.05) is 20.8 Å². The van der Waals surface area contributed by atoms with E-state index in [4.69, 9.17) is 4.74 Å². The van der Waals surface area contributed by atoms with Gasteiger partial charge in [-0.25, -0.2) is 9.80 Å². The van der Waals surface area contributed by atoms with Gasteiger partial charge in [-0.1, -0.05) is 0 Å². The van der Waals surface area contributed by atoms with Crippen LogP contribution >= 0.6 is 0 Å². The molecule has 1 aliphatic carbocycles. The molecule has 1 amide bonds. The van der Waals surface area contributed by atoms with Crippen LogP contribution in [0.25, 0.3) is 0 Å². The zero-order valence-corrected chi connectivity index (χ0v) is 11.6. The fraction of sp³-hybridized carbons (Fsp3) is 0.571. The molecule has 1 fully saturated rings. The zero-order chi connectivity index (χ0) is 14.0. The molecule has 0 aliphatic heterocycles. The molecule has 19 heavy (non-hydrogen) atoms. The molecular formula is C14H20N2O3. The summed E-state index contributed by atoms with van der Waals surface area (Å²) >= 11 is 0. The largest absolute Gasteiger partial charge is 0.442 e. The van der Waals surface area contributed by atoms with Gasteiger partial charge < -0.3 is 4.74 Å². The number of ether oxygens (including phenoxy) is 1. The molecule has 104 valence electrons. The summed E-state index contributed by atoms with van der Waals surface area (Å²) in [5.41, 5.74) is -0.607. The number of carbonyl (C=O) groups excluding carboxylic acids is 1. The van der Waals surface area contributed by atoms with Gasteiger partial charge in [0, 0.05) is 31.1 Å². The first-order chi connectivity index (χ1) is 8.85. The molecule has 1 heterocycles. The van der Waals surface area contributed by atoms with Crippen LogP contribution in [0, 0.1) is 5.92 Å². The molecule has 1 aromatic rings. The van der Waals surface area contributed by atoms with Crippen molar-refractivity contribution in [2.45, 2.75) is 39.2 Å². The minimum atomic E-state index is -0.530. The summed E-state index contributed by atoms with van der Waals surface area (Å²) < 4.78 is 7.02. The van der Waals surface area contributed by atoms with Gasteiger partial charge in [0.05, 0.1) is 0 Å². The fourth-order valence-corrected chi connectivity index (χ4v) is 1.69. The Hall–Kier alpha value is -1.78. The molecule has 0 atom stereocenters. The molecule has 1 aromatic heterocycles. The summed E-state index contributed by atoms with van der Waals surface area (Å²) in [6.45, 7) is 6.14. The summed E-state index contributed by atoms with van der Waals surface area (Å²) in [6, 6.07) is 2.87. The summed E-state index contributed by atoms with van der Waals surface area (Å²) in [4.78, 5) is 23.3. The van der Waals surface area contributed by atoms with Gasteiger partial charge in [0.1, 0.15) is 5.60 Å². The molecule has 0 spiro atoms. The van der Waals surface area contributed by atoms with Gasteiger partial charge in [-0.3, -0.25) is 9.47 Å². The van der Waals surface area contributed by atoms with E-state index < -0.39 is 5.60 Å². The first-order valence-corrected chi connectivity index (χ1v) is 6.54. The van der Waals surface area contributed by atoms with Crippen molar-refractivity contribution in [3.05, 3.63) is 34.7 Å². The van der Waals surface area contributed by atoms with E-state index in [-0.39, 0.29) is 11.5 Å². The smallest absolute Gasteiger partial charge is 0.429 e. The Morgan fingerprint density at radius 2 is 1.95 bits per heavy atom. The summed E-state index contributed by atoms with van der Waals surface area (Å²) in [5.74, 6) is 0.534. The van der Waals surface area contributed by atoms with Crippen molar-refractivity contribution in [3.8, 4) is 0 Å². The van der Waals surface area contributed by atoms with E-state index in [1.54, 1.807) is 22.1 Å². The van der Waals surface area contributed by atoms with E-state index in [2.05, 4.69) is 0 Å². The van der Waals surface area contributed by atoms with Crippen molar-refractivity contribution < 1.29 is 9.53 Å². The highest BCUT2D eigenvalue weighted by molar-refractivity contribution is 5.78. The van der Waals surface area contributed by atoms with Crippen molar-refractivity contribution in [2.75, 3.05) is 11.6 Å². The number of aromatic nitrogens is 1. The SMILES string of the molecule is CC(C)(C)OC(=O)N(CC1CC1)n1ccc(=O)cc1. The summed E-state index contributed by atoms with van der Waals surface area (Å²) in [7, 11) is 0. The second kappa shape index (κ2) is 5.07. The Labute approximate surface area is 112 Å². The molecular weight excluding hydrogens is 244 g/mol. The van der Waals surface area contributed by atoms with Crippen LogP contribution in [0.3, 0.4) is 0 Å². The first-order valence-electron chi connectivity index (χ1n) is 6.54. The minimum absolute atomic E-state index is 0.0770. The molecule has 0 unspecified atom stereocenters. The average Bonchev–Trinajstić information content (AvgIpc) is 3.08. The van der Waals surface area contributed by atoms with E-state index in [0.29, 0.717) is 12.5 Å². The van der Waals surface area contributed by atoms with Gasteiger partial charge in [0.25, 0.3) is 0 Å². The third-order valence-corrected chi connectivity index (χ3v) is 2.79. The summed E-state index contributed by atoms with van der Waals surface area (Å²) in [6.07, 6.45) is 5.07. The molecule has 5 heteroatoms. The Kier molecular flexibility index (Phi) is 3.64. The predicted molar refractivity (Wildman–Crippen MR) is 72.7 cm³/mol. The van der Waals surface area contributed by atoms with Crippen molar-refractivity contribution in [1.29, 1.82) is 0 Å². The number of rotatable bonds is 3. The molecule has 0 aromatic carbocycles. The Bertz CT molecular complexity index is 492. The highest BCUT2D eigenvalue weighted by atomic mass is 16.6. The molecule has 1 aliphatic rings. The number of hydrogen-bond acceptors (Lipinski definition) is 3. The van der Waals surface area contributed by atoms with Crippen LogP contribution in [0.15, 0.2) is 29.3 Å². The van der Waals surface area contributed by atoms with Crippen LogP contribution in [0.5, 0.6) is 0 Å². The topological polar surface area (TPSA) is 51.5 Å². The van der Waals surface area contributed by atoms with Gasteiger partial charge >= 0.3 is 6.09 Å². The Balaban J connectivity index is 2.17. The number of amides is 1. The van der Waals surface area contributed by atoms with Crippen LogP contribution in [-0.4, -0.2) is 22.9 Å². The van der Waals surface area contributed by atoms with Gasteiger partial charge in [-0.05, 0) is 39.5 Å². The molecule has 1 saturated carbocycles. The normalized spacial score (nSPS) is 15.1. The lowest BCUT2D eigenvalue weighted by Crippen LogP contribution is -2.45. The standard InChI is InChI=1S/C14H20N2O3/c1-14(2,3)19-13(18)16(10-11-4-5-11)15-8-6-12(17)7-9-15/h6-9,11H,4-5,10H2,1-3H3. The number of nitrogens with zero attached hydrogens (tertiary/aromatic N) is 2. The molecule has 2 rings (SSSR count). The Morgan fingerprint density at radius 3 is 2.42 bits per heavy atom. The first kappa shape index (κ1) is 13.6. The maximum Gasteiger partial charge on any atom is 0.429 e. The lowest BCUT2D eigenvalue weighted by atomic mass is 10.2. The van der Waals surface area contributed by atoms with Crippen LogP contribution in [0.1, 0.15) is 33.6 Å². The highest BCUT2D eigenvalue weighted by Crippen LogP contribution is 2.29.